The maximum Gasteiger partial charge on any atom is 0.257 e. The van der Waals surface area contributed by atoms with Crippen molar-refractivity contribution in [3.05, 3.63) is 60.7 Å². The summed E-state index contributed by atoms with van der Waals surface area (Å²) in [6, 6.07) is 19.3. The van der Waals surface area contributed by atoms with Gasteiger partial charge in [0.05, 0.1) is 17.3 Å². The number of benzene rings is 2. The summed E-state index contributed by atoms with van der Waals surface area (Å²) < 4.78 is 30.1. The summed E-state index contributed by atoms with van der Waals surface area (Å²) in [6.07, 6.45) is 0.501. The topological polar surface area (TPSA) is 80.5 Å². The molecule has 3 aromatic rings. The Kier molecular flexibility index (Phi) is 7.24. The van der Waals surface area contributed by atoms with Crippen LogP contribution in [0.25, 0.3) is 22.6 Å². The van der Waals surface area contributed by atoms with Gasteiger partial charge in [0.1, 0.15) is 5.69 Å². The van der Waals surface area contributed by atoms with Crippen molar-refractivity contribution in [2.75, 3.05) is 23.8 Å². The lowest BCUT2D eigenvalue weighted by Gasteiger charge is -2.29. The molecule has 2 heterocycles. The third-order valence-electron chi connectivity index (χ3n) is 5.54. The molecule has 1 aliphatic rings. The number of carbonyl (C=O) groups is 1. The fourth-order valence-corrected chi connectivity index (χ4v) is 6.46. The molecule has 0 saturated carbocycles. The molecule has 0 radical (unpaired) electrons. The standard InChI is InChI=1S/C25H28N2O4S2/c1-18(2)15-27(21-13-14-33(29,30)17-21)22(28)16-32-25-26-23(19-9-5-3-6-10-19)24(31-25)20-11-7-4-8-12-20/h3-12,18,21H,13-17H2,1-2H3. The van der Waals surface area contributed by atoms with E-state index < -0.39 is 9.84 Å². The molecule has 1 unspecified atom stereocenters. The number of rotatable bonds is 8. The molecule has 174 valence electrons. The molecular weight excluding hydrogens is 456 g/mol. The van der Waals surface area contributed by atoms with Gasteiger partial charge in [-0.15, -0.1) is 0 Å². The Morgan fingerprint density at radius 1 is 1.09 bits per heavy atom. The quantitative estimate of drug-likeness (QED) is 0.429. The fraction of sp³-hybridized carbons (Fsp3) is 0.360. The number of carbonyl (C=O) groups excluding carboxylic acids is 1. The minimum absolute atomic E-state index is 0.0471. The molecule has 1 fully saturated rings. The molecule has 0 bridgehead atoms. The van der Waals surface area contributed by atoms with Gasteiger partial charge < -0.3 is 9.32 Å². The average Bonchev–Trinajstić information content (AvgIpc) is 3.40. The van der Waals surface area contributed by atoms with Crippen molar-refractivity contribution in [1.82, 2.24) is 9.88 Å². The molecule has 4 rings (SSSR count). The van der Waals surface area contributed by atoms with E-state index >= 15 is 0 Å². The van der Waals surface area contributed by atoms with Crippen LogP contribution in [0.1, 0.15) is 20.3 Å². The molecule has 1 atom stereocenters. The minimum Gasteiger partial charge on any atom is -0.431 e. The van der Waals surface area contributed by atoms with E-state index in [9.17, 15) is 13.2 Å². The van der Waals surface area contributed by atoms with Crippen LogP contribution in [0.3, 0.4) is 0 Å². The second kappa shape index (κ2) is 10.1. The summed E-state index contributed by atoms with van der Waals surface area (Å²) in [4.78, 5) is 19.6. The van der Waals surface area contributed by atoms with Crippen molar-refractivity contribution < 1.29 is 17.6 Å². The molecule has 1 aliphatic heterocycles. The first-order valence-corrected chi connectivity index (χ1v) is 13.9. The molecular formula is C25H28N2O4S2. The highest BCUT2D eigenvalue weighted by molar-refractivity contribution is 7.99. The van der Waals surface area contributed by atoms with Gasteiger partial charge in [-0.1, -0.05) is 86.3 Å². The summed E-state index contributed by atoms with van der Waals surface area (Å²) >= 11 is 1.25. The van der Waals surface area contributed by atoms with Crippen molar-refractivity contribution >= 4 is 27.5 Å². The summed E-state index contributed by atoms with van der Waals surface area (Å²) in [5.74, 6) is 1.16. The van der Waals surface area contributed by atoms with Gasteiger partial charge in [0, 0.05) is 23.7 Å². The predicted octanol–water partition coefficient (Wildman–Crippen LogP) is 4.77. The molecule has 2 aromatic carbocycles. The van der Waals surface area contributed by atoms with Crippen molar-refractivity contribution in [3.63, 3.8) is 0 Å². The summed E-state index contributed by atoms with van der Waals surface area (Å²) in [6.45, 7) is 4.60. The van der Waals surface area contributed by atoms with Crippen LogP contribution < -0.4 is 0 Å². The Bertz CT molecular complexity index is 1130. The molecule has 0 aliphatic carbocycles. The van der Waals surface area contributed by atoms with E-state index in [0.717, 1.165) is 16.8 Å². The molecule has 6 nitrogen and oxygen atoms in total. The van der Waals surface area contributed by atoms with E-state index in [0.29, 0.717) is 23.9 Å². The summed E-state index contributed by atoms with van der Waals surface area (Å²) in [7, 11) is -3.07. The smallest absolute Gasteiger partial charge is 0.257 e. The van der Waals surface area contributed by atoms with E-state index in [4.69, 9.17) is 9.40 Å². The van der Waals surface area contributed by atoms with Gasteiger partial charge in [0.25, 0.3) is 5.22 Å². The van der Waals surface area contributed by atoms with Crippen molar-refractivity contribution in [3.8, 4) is 22.6 Å². The number of aromatic nitrogens is 1. The van der Waals surface area contributed by atoms with E-state index in [1.165, 1.54) is 11.8 Å². The highest BCUT2D eigenvalue weighted by Gasteiger charge is 2.35. The largest absolute Gasteiger partial charge is 0.431 e. The summed E-state index contributed by atoms with van der Waals surface area (Å²) in [5.41, 5.74) is 2.59. The molecule has 33 heavy (non-hydrogen) atoms. The summed E-state index contributed by atoms with van der Waals surface area (Å²) in [5, 5.41) is 0.421. The Morgan fingerprint density at radius 3 is 2.30 bits per heavy atom. The van der Waals surface area contributed by atoms with E-state index in [2.05, 4.69) is 0 Å². The SMILES string of the molecule is CC(C)CN(C(=O)CSc1nc(-c2ccccc2)c(-c2ccccc2)o1)C1CCS(=O)(=O)C1. The first-order chi connectivity index (χ1) is 15.8. The monoisotopic (exact) mass is 484 g/mol. The first kappa shape index (κ1) is 23.6. The number of oxazole rings is 1. The normalized spacial score (nSPS) is 17.4. The molecule has 0 N–H and O–H groups in total. The molecule has 1 amide bonds. The number of hydrogen-bond donors (Lipinski definition) is 0. The Balaban J connectivity index is 1.55. The van der Waals surface area contributed by atoms with E-state index in [1.807, 2.05) is 74.5 Å². The number of sulfone groups is 1. The molecule has 1 saturated heterocycles. The number of nitrogens with zero attached hydrogens (tertiary/aromatic N) is 2. The van der Waals surface area contributed by atoms with Crippen LogP contribution in [0, 0.1) is 5.92 Å². The first-order valence-electron chi connectivity index (χ1n) is 11.1. The Hall–Kier alpha value is -2.58. The maximum absolute atomic E-state index is 13.1. The minimum atomic E-state index is -3.07. The van der Waals surface area contributed by atoms with E-state index in [1.54, 1.807) is 4.90 Å². The maximum atomic E-state index is 13.1. The average molecular weight is 485 g/mol. The lowest BCUT2D eigenvalue weighted by atomic mass is 10.1. The molecule has 8 heteroatoms. The molecule has 0 spiro atoms. The van der Waals surface area contributed by atoms with Crippen LogP contribution >= 0.6 is 11.8 Å². The van der Waals surface area contributed by atoms with Crippen LogP contribution in [-0.2, 0) is 14.6 Å². The Labute approximate surface area is 199 Å². The van der Waals surface area contributed by atoms with Crippen LogP contribution in [0.2, 0.25) is 0 Å². The second-order valence-corrected chi connectivity index (χ2v) is 11.8. The predicted molar refractivity (Wildman–Crippen MR) is 132 cm³/mol. The number of amides is 1. The Morgan fingerprint density at radius 2 is 1.73 bits per heavy atom. The van der Waals surface area contributed by atoms with Gasteiger partial charge >= 0.3 is 0 Å². The van der Waals surface area contributed by atoms with Crippen molar-refractivity contribution in [2.24, 2.45) is 5.92 Å². The lowest BCUT2D eigenvalue weighted by molar-refractivity contribution is -0.130. The van der Waals surface area contributed by atoms with Crippen molar-refractivity contribution in [1.29, 1.82) is 0 Å². The zero-order chi connectivity index (χ0) is 23.4. The third-order valence-corrected chi connectivity index (χ3v) is 8.10. The van der Waals surface area contributed by atoms with E-state index in [-0.39, 0.29) is 35.1 Å². The van der Waals surface area contributed by atoms with Gasteiger partial charge in [0.2, 0.25) is 5.91 Å². The van der Waals surface area contributed by atoms with Gasteiger partial charge in [-0.2, -0.15) is 0 Å². The highest BCUT2D eigenvalue weighted by atomic mass is 32.2. The van der Waals surface area contributed by atoms with Crippen LogP contribution in [-0.4, -0.2) is 54.1 Å². The van der Waals surface area contributed by atoms with Gasteiger partial charge in [-0.3, -0.25) is 4.79 Å². The number of hydrogen-bond acceptors (Lipinski definition) is 6. The molecule has 1 aromatic heterocycles. The zero-order valence-corrected chi connectivity index (χ0v) is 20.4. The van der Waals surface area contributed by atoms with Gasteiger partial charge in [-0.05, 0) is 12.3 Å². The van der Waals surface area contributed by atoms with Crippen molar-refractivity contribution in [2.45, 2.75) is 31.5 Å². The number of thioether (sulfide) groups is 1. The van der Waals surface area contributed by atoms with Gasteiger partial charge in [-0.25, -0.2) is 13.4 Å². The highest BCUT2D eigenvalue weighted by Crippen LogP contribution is 2.35. The lowest BCUT2D eigenvalue weighted by Crippen LogP contribution is -2.44. The van der Waals surface area contributed by atoms with Crippen LogP contribution in [0.15, 0.2) is 70.3 Å². The van der Waals surface area contributed by atoms with Crippen LogP contribution in [0.5, 0.6) is 0 Å². The zero-order valence-electron chi connectivity index (χ0n) is 18.8. The van der Waals surface area contributed by atoms with Crippen LogP contribution in [0.4, 0.5) is 0 Å². The fourth-order valence-electron chi connectivity index (χ4n) is 4.01. The second-order valence-electron chi connectivity index (χ2n) is 8.68. The third kappa shape index (κ3) is 5.86. The van der Waals surface area contributed by atoms with Gasteiger partial charge in [0.15, 0.2) is 15.6 Å².